The van der Waals surface area contributed by atoms with Gasteiger partial charge in [-0.05, 0) is 75.3 Å². The molecule has 2 N–H and O–H groups in total. The molecule has 1 atom stereocenters. The van der Waals surface area contributed by atoms with Crippen LogP contribution < -0.4 is 10.6 Å². The summed E-state index contributed by atoms with van der Waals surface area (Å²) in [6.07, 6.45) is 3.04. The summed E-state index contributed by atoms with van der Waals surface area (Å²) >= 11 is 0. The van der Waals surface area contributed by atoms with E-state index in [-0.39, 0.29) is 29.7 Å². The highest BCUT2D eigenvalue weighted by atomic mass is 16.2. The smallest absolute Gasteiger partial charge is 0.227 e. The molecule has 2 amide bonds. The molecule has 0 spiro atoms. The summed E-state index contributed by atoms with van der Waals surface area (Å²) in [6.45, 7) is 6.07. The highest BCUT2D eigenvalue weighted by Gasteiger charge is 2.30. The Kier molecular flexibility index (Phi) is 6.50. The van der Waals surface area contributed by atoms with E-state index in [0.29, 0.717) is 0 Å². The lowest BCUT2D eigenvalue weighted by Gasteiger charge is -2.28. The predicted molar refractivity (Wildman–Crippen MR) is 113 cm³/mol. The third-order valence-corrected chi connectivity index (χ3v) is 5.62. The van der Waals surface area contributed by atoms with E-state index in [1.54, 1.807) is 0 Å². The first-order valence-corrected chi connectivity index (χ1v) is 10.2. The van der Waals surface area contributed by atoms with Crippen molar-refractivity contribution in [2.45, 2.75) is 52.5 Å². The molecule has 1 aliphatic carbocycles. The van der Waals surface area contributed by atoms with Gasteiger partial charge in [0.25, 0.3) is 0 Å². The number of benzene rings is 2. The summed E-state index contributed by atoms with van der Waals surface area (Å²) in [5.41, 5.74) is 4.25. The highest BCUT2D eigenvalue weighted by Crippen LogP contribution is 2.30. The zero-order chi connectivity index (χ0) is 20.1. The zero-order valence-corrected chi connectivity index (χ0v) is 17.0. The second-order valence-corrected chi connectivity index (χ2v) is 8.06. The van der Waals surface area contributed by atoms with Crippen LogP contribution in [0.25, 0.3) is 0 Å². The fourth-order valence-corrected chi connectivity index (χ4v) is 4.07. The van der Waals surface area contributed by atoms with E-state index < -0.39 is 0 Å². The maximum atomic E-state index is 12.6. The van der Waals surface area contributed by atoms with Crippen LogP contribution in [-0.4, -0.2) is 11.8 Å². The monoisotopic (exact) mass is 378 g/mol. The van der Waals surface area contributed by atoms with E-state index in [0.717, 1.165) is 48.1 Å². The lowest BCUT2D eigenvalue weighted by atomic mass is 9.81. The number of rotatable bonds is 5. The molecule has 0 aliphatic heterocycles. The fraction of sp³-hybridized carbons (Fsp3) is 0.417. The predicted octanol–water partition coefficient (Wildman–Crippen LogP) is 4.93. The Bertz CT molecular complexity index is 804. The lowest BCUT2D eigenvalue weighted by molar-refractivity contribution is -0.129. The number of carbonyl (C=O) groups is 2. The van der Waals surface area contributed by atoms with E-state index in [9.17, 15) is 9.59 Å². The van der Waals surface area contributed by atoms with Crippen molar-refractivity contribution in [3.05, 3.63) is 65.2 Å². The van der Waals surface area contributed by atoms with Crippen molar-refractivity contribution in [1.82, 2.24) is 5.32 Å². The van der Waals surface area contributed by atoms with E-state index in [4.69, 9.17) is 0 Å². The summed E-state index contributed by atoms with van der Waals surface area (Å²) in [5, 5.41) is 6.17. The molecule has 1 saturated carbocycles. The molecular formula is C24H30N2O2. The van der Waals surface area contributed by atoms with Crippen molar-refractivity contribution >= 4 is 17.5 Å². The Morgan fingerprint density at radius 1 is 0.857 bits per heavy atom. The van der Waals surface area contributed by atoms with Gasteiger partial charge >= 0.3 is 0 Å². The summed E-state index contributed by atoms with van der Waals surface area (Å²) < 4.78 is 0. The average molecular weight is 379 g/mol. The van der Waals surface area contributed by atoms with Crippen LogP contribution in [0.3, 0.4) is 0 Å². The number of hydrogen-bond donors (Lipinski definition) is 2. The lowest BCUT2D eigenvalue weighted by Crippen LogP contribution is -2.36. The second kappa shape index (κ2) is 9.05. The van der Waals surface area contributed by atoms with Crippen LogP contribution in [0, 0.1) is 25.7 Å². The Labute approximate surface area is 167 Å². The normalized spacial score (nSPS) is 20.2. The standard InChI is InChI=1S/C24H30N2O2/c1-16-13-17(2)15-22(14-16)26-24(28)21-11-9-20(10-12-21)23(27)25-18(3)19-7-5-4-6-8-19/h4-8,13-15,18,20-21H,9-12H2,1-3H3,(H,25,27)(H,26,28). The van der Waals surface area contributed by atoms with Crippen LogP contribution in [0.5, 0.6) is 0 Å². The molecule has 0 bridgehead atoms. The molecule has 2 aromatic rings. The van der Waals surface area contributed by atoms with Gasteiger partial charge < -0.3 is 10.6 Å². The van der Waals surface area contributed by atoms with Crippen molar-refractivity contribution in [1.29, 1.82) is 0 Å². The highest BCUT2D eigenvalue weighted by molar-refractivity contribution is 5.93. The fourth-order valence-electron chi connectivity index (χ4n) is 4.07. The maximum absolute atomic E-state index is 12.6. The number of anilines is 1. The van der Waals surface area contributed by atoms with Gasteiger partial charge in [-0.15, -0.1) is 0 Å². The first-order valence-electron chi connectivity index (χ1n) is 10.2. The molecule has 28 heavy (non-hydrogen) atoms. The number of carbonyl (C=O) groups excluding carboxylic acids is 2. The SMILES string of the molecule is Cc1cc(C)cc(NC(=O)C2CCC(C(=O)NC(C)c3ccccc3)CC2)c1. The second-order valence-electron chi connectivity index (χ2n) is 8.06. The Balaban J connectivity index is 1.49. The van der Waals surface area contributed by atoms with Crippen LogP contribution in [-0.2, 0) is 9.59 Å². The number of nitrogens with one attached hydrogen (secondary N) is 2. The van der Waals surface area contributed by atoms with Crippen LogP contribution in [0.1, 0.15) is 55.3 Å². The van der Waals surface area contributed by atoms with Gasteiger partial charge in [0.15, 0.2) is 0 Å². The Morgan fingerprint density at radius 3 is 1.96 bits per heavy atom. The summed E-state index contributed by atoms with van der Waals surface area (Å²) in [4.78, 5) is 25.2. The quantitative estimate of drug-likeness (QED) is 0.775. The van der Waals surface area contributed by atoms with Gasteiger partial charge in [-0.3, -0.25) is 9.59 Å². The van der Waals surface area contributed by atoms with E-state index in [1.165, 1.54) is 0 Å². The van der Waals surface area contributed by atoms with Crippen molar-refractivity contribution in [2.75, 3.05) is 5.32 Å². The largest absolute Gasteiger partial charge is 0.349 e. The molecule has 0 heterocycles. The molecule has 0 radical (unpaired) electrons. The minimum absolute atomic E-state index is 0.000665. The van der Waals surface area contributed by atoms with Crippen LogP contribution in [0.4, 0.5) is 5.69 Å². The molecule has 148 valence electrons. The molecule has 4 heteroatoms. The van der Waals surface area contributed by atoms with Crippen molar-refractivity contribution in [3.63, 3.8) is 0 Å². The van der Waals surface area contributed by atoms with Crippen LogP contribution in [0.15, 0.2) is 48.5 Å². The van der Waals surface area contributed by atoms with Crippen molar-refractivity contribution in [3.8, 4) is 0 Å². The molecule has 4 nitrogen and oxygen atoms in total. The molecule has 1 unspecified atom stereocenters. The third kappa shape index (κ3) is 5.22. The van der Waals surface area contributed by atoms with Gasteiger partial charge in [-0.1, -0.05) is 36.4 Å². The Hall–Kier alpha value is -2.62. The van der Waals surface area contributed by atoms with E-state index in [2.05, 4.69) is 16.7 Å². The minimum atomic E-state index is -0.0172. The first kappa shape index (κ1) is 20.1. The van der Waals surface area contributed by atoms with Gasteiger partial charge in [-0.25, -0.2) is 0 Å². The maximum Gasteiger partial charge on any atom is 0.227 e. The van der Waals surface area contributed by atoms with Gasteiger partial charge in [0.05, 0.1) is 6.04 Å². The van der Waals surface area contributed by atoms with Gasteiger partial charge in [-0.2, -0.15) is 0 Å². The molecule has 0 saturated heterocycles. The first-order chi connectivity index (χ1) is 13.4. The minimum Gasteiger partial charge on any atom is -0.349 e. The molecule has 3 rings (SSSR count). The van der Waals surface area contributed by atoms with Gasteiger partial charge in [0, 0.05) is 17.5 Å². The summed E-state index contributed by atoms with van der Waals surface area (Å²) in [5.74, 6) is 0.152. The third-order valence-electron chi connectivity index (χ3n) is 5.62. The van der Waals surface area contributed by atoms with Gasteiger partial charge in [0.1, 0.15) is 0 Å². The van der Waals surface area contributed by atoms with E-state index in [1.807, 2.05) is 63.2 Å². The molecule has 1 fully saturated rings. The number of amides is 2. The van der Waals surface area contributed by atoms with Crippen LogP contribution in [0.2, 0.25) is 0 Å². The van der Waals surface area contributed by atoms with Crippen LogP contribution >= 0.6 is 0 Å². The summed E-state index contributed by atoms with van der Waals surface area (Å²) in [7, 11) is 0. The molecule has 1 aliphatic rings. The number of aryl methyl sites for hydroxylation is 2. The Morgan fingerprint density at radius 2 is 1.39 bits per heavy atom. The van der Waals surface area contributed by atoms with Crippen molar-refractivity contribution in [2.24, 2.45) is 11.8 Å². The molecule has 0 aromatic heterocycles. The topological polar surface area (TPSA) is 58.2 Å². The summed E-state index contributed by atoms with van der Waals surface area (Å²) in [6, 6.07) is 16.1. The van der Waals surface area contributed by atoms with E-state index >= 15 is 0 Å². The molecular weight excluding hydrogens is 348 g/mol. The zero-order valence-electron chi connectivity index (χ0n) is 17.0. The number of hydrogen-bond acceptors (Lipinski definition) is 2. The average Bonchev–Trinajstić information content (AvgIpc) is 2.68. The molecule has 2 aromatic carbocycles. The van der Waals surface area contributed by atoms with Gasteiger partial charge in [0.2, 0.25) is 11.8 Å². The van der Waals surface area contributed by atoms with Crippen molar-refractivity contribution < 1.29 is 9.59 Å².